The Labute approximate surface area is 191 Å². The smallest absolute Gasteiger partial charge is 0.266 e. The predicted molar refractivity (Wildman–Crippen MR) is 132 cm³/mol. The predicted octanol–water partition coefficient (Wildman–Crippen LogP) is 5.63. The molecule has 1 amide bonds. The zero-order valence-corrected chi connectivity index (χ0v) is 19.1. The highest BCUT2D eigenvalue weighted by molar-refractivity contribution is 8.00. The number of nitrogens with one attached hydrogen (secondary N) is 1. The molecule has 0 aliphatic rings. The third-order valence-electron chi connectivity index (χ3n) is 5.25. The zero-order chi connectivity index (χ0) is 22.7. The molecule has 1 N–H and O–H groups in total. The second-order valence-electron chi connectivity index (χ2n) is 7.88. The summed E-state index contributed by atoms with van der Waals surface area (Å²) in [5.74, 6) is 0.157. The van der Waals surface area contributed by atoms with E-state index >= 15 is 0 Å². The number of anilines is 1. The number of rotatable bonds is 6. The number of para-hydroxylation sites is 3. The Hall–Kier alpha value is -3.38. The van der Waals surface area contributed by atoms with Crippen molar-refractivity contribution in [2.24, 2.45) is 0 Å². The van der Waals surface area contributed by atoms with Crippen molar-refractivity contribution in [1.29, 1.82) is 0 Å². The summed E-state index contributed by atoms with van der Waals surface area (Å²) in [6, 6.07) is 24.5. The van der Waals surface area contributed by atoms with Crippen LogP contribution in [0.15, 0.2) is 88.8 Å². The van der Waals surface area contributed by atoms with Crippen LogP contribution in [0.2, 0.25) is 0 Å². The quantitative estimate of drug-likeness (QED) is 0.310. The van der Waals surface area contributed by atoms with E-state index in [4.69, 9.17) is 4.98 Å². The molecule has 1 atom stereocenters. The fraction of sp³-hybridized carbons (Fsp3) is 0.192. The molecule has 3 aromatic carbocycles. The van der Waals surface area contributed by atoms with Gasteiger partial charge in [-0.05, 0) is 48.7 Å². The summed E-state index contributed by atoms with van der Waals surface area (Å²) in [7, 11) is 0. The third kappa shape index (κ3) is 4.46. The van der Waals surface area contributed by atoms with Crippen LogP contribution >= 0.6 is 11.8 Å². The summed E-state index contributed by atoms with van der Waals surface area (Å²) in [4.78, 5) is 31.1. The largest absolute Gasteiger partial charge is 0.325 e. The van der Waals surface area contributed by atoms with Crippen LogP contribution in [-0.2, 0) is 4.79 Å². The first-order valence-corrected chi connectivity index (χ1v) is 11.5. The lowest BCUT2D eigenvalue weighted by Gasteiger charge is -2.18. The summed E-state index contributed by atoms with van der Waals surface area (Å²) in [5, 5.41) is 3.62. The normalized spacial score (nSPS) is 12.1. The van der Waals surface area contributed by atoms with Gasteiger partial charge in [0.25, 0.3) is 5.56 Å². The van der Waals surface area contributed by atoms with E-state index in [1.165, 1.54) is 11.8 Å². The topological polar surface area (TPSA) is 64.0 Å². The Morgan fingerprint density at radius 1 is 0.906 bits per heavy atom. The highest BCUT2D eigenvalue weighted by Gasteiger charge is 2.21. The lowest BCUT2D eigenvalue weighted by molar-refractivity contribution is -0.115. The maximum Gasteiger partial charge on any atom is 0.266 e. The van der Waals surface area contributed by atoms with E-state index in [9.17, 15) is 9.59 Å². The SMILES string of the molecule is CC(Sc1nc2ccccc2c(=O)n1-c1ccccc1)C(=O)Nc1ccccc1C(C)C. The number of carbonyl (C=O) groups is 1. The van der Waals surface area contributed by atoms with Crippen LogP contribution in [0.4, 0.5) is 5.69 Å². The molecule has 0 saturated heterocycles. The van der Waals surface area contributed by atoms with E-state index in [0.29, 0.717) is 22.0 Å². The molecular weight excluding hydrogens is 418 g/mol. The highest BCUT2D eigenvalue weighted by Crippen LogP contribution is 2.28. The lowest BCUT2D eigenvalue weighted by Crippen LogP contribution is -2.26. The van der Waals surface area contributed by atoms with E-state index in [2.05, 4.69) is 19.2 Å². The van der Waals surface area contributed by atoms with Gasteiger partial charge in [0.1, 0.15) is 0 Å². The van der Waals surface area contributed by atoms with Crippen molar-refractivity contribution in [3.63, 3.8) is 0 Å². The van der Waals surface area contributed by atoms with Crippen molar-refractivity contribution >= 4 is 34.3 Å². The molecule has 32 heavy (non-hydrogen) atoms. The number of thioether (sulfide) groups is 1. The molecule has 1 unspecified atom stereocenters. The van der Waals surface area contributed by atoms with Crippen molar-refractivity contribution < 1.29 is 4.79 Å². The van der Waals surface area contributed by atoms with Gasteiger partial charge in [0.05, 0.1) is 21.8 Å². The average Bonchev–Trinajstić information content (AvgIpc) is 2.80. The number of nitrogens with zero attached hydrogens (tertiary/aromatic N) is 2. The first-order valence-electron chi connectivity index (χ1n) is 10.6. The average molecular weight is 444 g/mol. The molecule has 0 fully saturated rings. The minimum atomic E-state index is -0.460. The molecule has 1 heterocycles. The van der Waals surface area contributed by atoms with Gasteiger partial charge in [0.2, 0.25) is 5.91 Å². The van der Waals surface area contributed by atoms with Crippen molar-refractivity contribution in [1.82, 2.24) is 9.55 Å². The molecule has 6 heteroatoms. The fourth-order valence-corrected chi connectivity index (χ4v) is 4.48. The van der Waals surface area contributed by atoms with Crippen LogP contribution in [0.1, 0.15) is 32.3 Å². The van der Waals surface area contributed by atoms with E-state index in [1.54, 1.807) is 10.6 Å². The highest BCUT2D eigenvalue weighted by atomic mass is 32.2. The number of hydrogen-bond donors (Lipinski definition) is 1. The van der Waals surface area contributed by atoms with Crippen LogP contribution in [0.25, 0.3) is 16.6 Å². The summed E-state index contributed by atoms with van der Waals surface area (Å²) >= 11 is 1.28. The van der Waals surface area contributed by atoms with E-state index in [0.717, 1.165) is 16.9 Å². The molecule has 0 spiro atoms. The van der Waals surface area contributed by atoms with Gasteiger partial charge in [-0.3, -0.25) is 14.2 Å². The molecule has 0 radical (unpaired) electrons. The van der Waals surface area contributed by atoms with E-state index < -0.39 is 5.25 Å². The van der Waals surface area contributed by atoms with Gasteiger partial charge in [-0.25, -0.2) is 4.98 Å². The van der Waals surface area contributed by atoms with Gasteiger partial charge in [-0.1, -0.05) is 74.1 Å². The zero-order valence-electron chi connectivity index (χ0n) is 18.3. The number of benzene rings is 3. The minimum absolute atomic E-state index is 0.134. The minimum Gasteiger partial charge on any atom is -0.325 e. The Kier molecular flexibility index (Phi) is 6.42. The molecular formula is C26H25N3O2S. The summed E-state index contributed by atoms with van der Waals surface area (Å²) in [6.07, 6.45) is 0. The van der Waals surface area contributed by atoms with Gasteiger partial charge < -0.3 is 5.32 Å². The molecule has 5 nitrogen and oxygen atoms in total. The number of carbonyl (C=O) groups excluding carboxylic acids is 1. The monoisotopic (exact) mass is 443 g/mol. The molecule has 0 saturated carbocycles. The van der Waals surface area contributed by atoms with Gasteiger partial charge in [-0.2, -0.15) is 0 Å². The van der Waals surface area contributed by atoms with Gasteiger partial charge in [-0.15, -0.1) is 0 Å². The van der Waals surface area contributed by atoms with Gasteiger partial charge >= 0.3 is 0 Å². The van der Waals surface area contributed by atoms with Crippen molar-refractivity contribution in [3.05, 3.63) is 94.8 Å². The first kappa shape index (κ1) is 21.8. The van der Waals surface area contributed by atoms with Crippen LogP contribution in [0.3, 0.4) is 0 Å². The van der Waals surface area contributed by atoms with Gasteiger partial charge in [0.15, 0.2) is 5.16 Å². The second kappa shape index (κ2) is 9.40. The molecule has 0 bridgehead atoms. The molecule has 0 aliphatic carbocycles. The number of hydrogen-bond acceptors (Lipinski definition) is 4. The van der Waals surface area contributed by atoms with Crippen molar-refractivity contribution in [2.45, 2.75) is 37.1 Å². The first-order chi connectivity index (χ1) is 15.5. The number of aromatic nitrogens is 2. The summed E-state index contributed by atoms with van der Waals surface area (Å²) < 4.78 is 1.58. The standard InChI is InChI=1S/C26H25N3O2S/c1-17(2)20-13-7-9-15-22(20)27-24(30)18(3)32-26-28-23-16-10-8-14-21(23)25(31)29(26)19-11-5-4-6-12-19/h4-18H,1-3H3,(H,27,30). The van der Waals surface area contributed by atoms with Crippen LogP contribution in [0.5, 0.6) is 0 Å². The van der Waals surface area contributed by atoms with E-state index in [1.807, 2.05) is 79.7 Å². The Balaban J connectivity index is 1.69. The maximum absolute atomic E-state index is 13.3. The Morgan fingerprint density at radius 2 is 1.56 bits per heavy atom. The summed E-state index contributed by atoms with van der Waals surface area (Å²) in [5.41, 5.74) is 3.08. The molecule has 162 valence electrons. The number of amides is 1. The second-order valence-corrected chi connectivity index (χ2v) is 9.19. The Bertz CT molecular complexity index is 1320. The van der Waals surface area contributed by atoms with Crippen molar-refractivity contribution in [2.75, 3.05) is 5.32 Å². The van der Waals surface area contributed by atoms with Crippen LogP contribution in [0, 0.1) is 0 Å². The molecule has 0 aliphatic heterocycles. The molecule has 1 aromatic heterocycles. The Morgan fingerprint density at radius 3 is 2.31 bits per heavy atom. The maximum atomic E-state index is 13.3. The summed E-state index contributed by atoms with van der Waals surface area (Å²) in [6.45, 7) is 6.02. The van der Waals surface area contributed by atoms with Crippen molar-refractivity contribution in [3.8, 4) is 5.69 Å². The fourth-order valence-electron chi connectivity index (χ4n) is 3.56. The van der Waals surface area contributed by atoms with Crippen LogP contribution < -0.4 is 10.9 Å². The number of fused-ring (bicyclic) bond motifs is 1. The molecule has 4 rings (SSSR count). The lowest BCUT2D eigenvalue weighted by atomic mass is 10.0. The molecule has 4 aromatic rings. The third-order valence-corrected chi connectivity index (χ3v) is 6.30. The van der Waals surface area contributed by atoms with Gasteiger partial charge in [0, 0.05) is 5.69 Å². The van der Waals surface area contributed by atoms with E-state index in [-0.39, 0.29) is 11.5 Å². The van der Waals surface area contributed by atoms with Crippen LogP contribution in [-0.4, -0.2) is 20.7 Å².